The molecule has 1 aliphatic carbocycles. The molecule has 2 saturated heterocycles. The number of halogens is 2. The lowest BCUT2D eigenvalue weighted by Crippen LogP contribution is -2.74. The number of hydrogen-bond donors (Lipinski definition) is 2. The van der Waals surface area contributed by atoms with E-state index in [0.29, 0.717) is 39.6 Å². The van der Waals surface area contributed by atoms with Crippen LogP contribution in [0.4, 0.5) is 10.2 Å². The number of anilines is 1. The highest BCUT2D eigenvalue weighted by atomic mass is 35.5. The van der Waals surface area contributed by atoms with Gasteiger partial charge in [-0.15, -0.1) is 0 Å². The fourth-order valence-electron chi connectivity index (χ4n) is 9.42. The number of fused-ring (bicyclic) bond motifs is 1. The molecule has 15 heteroatoms. The van der Waals surface area contributed by atoms with Gasteiger partial charge in [0.15, 0.2) is 11.6 Å². The zero-order chi connectivity index (χ0) is 42.1. The molecule has 1 aromatic heterocycles. The molecular formula is C44H51ClFN7O6. The number of carbonyl (C=O) groups excluding carboxylic acids is 4. The molecule has 4 amide bonds. The Morgan fingerprint density at radius 1 is 1.02 bits per heavy atom. The van der Waals surface area contributed by atoms with Gasteiger partial charge in [0.05, 0.1) is 29.3 Å². The minimum Gasteiger partial charge on any atom is -0.490 e. The van der Waals surface area contributed by atoms with E-state index >= 15 is 0 Å². The van der Waals surface area contributed by atoms with Crippen LogP contribution in [0.2, 0.25) is 5.02 Å². The largest absolute Gasteiger partial charge is 0.490 e. The Balaban J connectivity index is 0.803. The molecule has 3 fully saturated rings. The Kier molecular flexibility index (Phi) is 12.2. The van der Waals surface area contributed by atoms with Gasteiger partial charge in [-0.05, 0) is 62.2 Å². The highest BCUT2D eigenvalue weighted by Gasteiger charge is 2.64. The molecule has 0 spiro atoms. The molecule has 0 bridgehead atoms. The lowest BCUT2D eigenvalue weighted by molar-refractivity contribution is -0.164. The van der Waals surface area contributed by atoms with Crippen LogP contribution in [-0.2, 0) is 16.1 Å². The number of amides is 4. The number of aromatic nitrogens is 1. The van der Waals surface area contributed by atoms with Crippen LogP contribution in [0.25, 0.3) is 0 Å². The average molecular weight is 828 g/mol. The number of hydrogen-bond acceptors (Lipinski definition) is 10. The number of nitriles is 1. The number of imide groups is 1. The highest BCUT2D eigenvalue weighted by molar-refractivity contribution is 6.31. The Morgan fingerprint density at radius 3 is 2.44 bits per heavy atom. The molecule has 13 nitrogen and oxygen atoms in total. The first-order chi connectivity index (χ1) is 28.2. The second-order valence-corrected chi connectivity index (χ2v) is 17.5. The summed E-state index contributed by atoms with van der Waals surface area (Å²) in [4.78, 5) is 61.2. The summed E-state index contributed by atoms with van der Waals surface area (Å²) < 4.78 is 27.1. The van der Waals surface area contributed by atoms with E-state index in [1.807, 2.05) is 12.1 Å². The van der Waals surface area contributed by atoms with Gasteiger partial charge in [0.25, 0.3) is 11.8 Å². The van der Waals surface area contributed by atoms with E-state index in [0.717, 1.165) is 64.2 Å². The van der Waals surface area contributed by atoms with Crippen LogP contribution >= 0.6 is 11.6 Å². The van der Waals surface area contributed by atoms with Crippen molar-refractivity contribution in [1.82, 2.24) is 25.4 Å². The molecule has 1 saturated carbocycles. The van der Waals surface area contributed by atoms with Gasteiger partial charge in [-0.25, -0.2) is 9.37 Å². The van der Waals surface area contributed by atoms with Gasteiger partial charge in [-0.1, -0.05) is 52.1 Å². The van der Waals surface area contributed by atoms with Crippen LogP contribution in [0.3, 0.4) is 0 Å². The van der Waals surface area contributed by atoms with Gasteiger partial charge < -0.3 is 24.6 Å². The first-order valence-corrected chi connectivity index (χ1v) is 20.8. The quantitative estimate of drug-likeness (QED) is 0.149. The Labute approximate surface area is 349 Å². The second kappa shape index (κ2) is 17.1. The summed E-state index contributed by atoms with van der Waals surface area (Å²) in [7, 11) is 0. The van der Waals surface area contributed by atoms with E-state index in [2.05, 4.69) is 59.2 Å². The first-order valence-electron chi connectivity index (χ1n) is 20.4. The summed E-state index contributed by atoms with van der Waals surface area (Å²) in [5.74, 6) is -0.458. The number of unbranched alkanes of at least 4 members (excludes halogenated alkanes) is 3. The van der Waals surface area contributed by atoms with Crippen molar-refractivity contribution in [2.75, 3.05) is 44.2 Å². The van der Waals surface area contributed by atoms with Crippen molar-refractivity contribution in [3.05, 3.63) is 81.8 Å². The summed E-state index contributed by atoms with van der Waals surface area (Å²) in [5, 5.41) is 15.1. The van der Waals surface area contributed by atoms with Crippen LogP contribution < -0.4 is 25.0 Å². The van der Waals surface area contributed by atoms with Crippen molar-refractivity contribution in [2.45, 2.75) is 91.0 Å². The molecule has 4 heterocycles. The third kappa shape index (κ3) is 8.59. The number of piperazine rings is 1. The molecular weight excluding hydrogens is 777 g/mol. The Hall–Kier alpha value is -5.26. The lowest BCUT2D eigenvalue weighted by atomic mass is 9.49. The van der Waals surface area contributed by atoms with Crippen LogP contribution in [0.15, 0.2) is 48.7 Å². The van der Waals surface area contributed by atoms with E-state index < -0.39 is 17.8 Å². The molecule has 59 heavy (non-hydrogen) atoms. The summed E-state index contributed by atoms with van der Waals surface area (Å²) in [6, 6.07) is 12.6. The van der Waals surface area contributed by atoms with E-state index in [1.54, 1.807) is 24.4 Å². The summed E-state index contributed by atoms with van der Waals surface area (Å²) in [5.41, 5.74) is 0.914. The minimum atomic E-state index is -0.769. The molecule has 1 unspecified atom stereocenters. The van der Waals surface area contributed by atoms with Crippen molar-refractivity contribution >= 4 is 41.0 Å². The molecule has 312 valence electrons. The third-order valence-corrected chi connectivity index (χ3v) is 12.7. The normalized spacial score (nSPS) is 22.3. The number of carbonyl (C=O) groups is 4. The van der Waals surface area contributed by atoms with Crippen molar-refractivity contribution in [3.8, 4) is 17.6 Å². The number of nitrogens with one attached hydrogen (secondary N) is 2. The van der Waals surface area contributed by atoms with Crippen LogP contribution in [0, 0.1) is 28.0 Å². The maximum Gasteiger partial charge on any atom is 0.255 e. The Morgan fingerprint density at radius 2 is 1.76 bits per heavy atom. The summed E-state index contributed by atoms with van der Waals surface area (Å²) in [6.45, 7) is 13.1. The smallest absolute Gasteiger partial charge is 0.255 e. The number of benzene rings is 2. The van der Waals surface area contributed by atoms with Crippen LogP contribution in [-0.4, -0.2) is 95.9 Å². The fourth-order valence-corrected chi connectivity index (χ4v) is 9.64. The maximum atomic E-state index is 14.9. The van der Waals surface area contributed by atoms with Crippen molar-refractivity contribution in [2.24, 2.45) is 10.8 Å². The number of pyridine rings is 1. The molecule has 0 radical (unpaired) electrons. The van der Waals surface area contributed by atoms with E-state index in [4.69, 9.17) is 21.1 Å². The van der Waals surface area contributed by atoms with Crippen LogP contribution in [0.5, 0.6) is 11.5 Å². The van der Waals surface area contributed by atoms with Gasteiger partial charge in [-0.2, -0.15) is 5.26 Å². The standard InChI is InChI=1S/C44H51ClFN7O6/c1-43(2)41(44(3,4)42(43)59-29-11-9-27(24-47)32(45)23-29)50-38(55)28-10-15-35(48-25-28)52-20-18-51(19-21-52)17-7-5-6-8-22-58-37-31-26-53(34-14-16-36(54)49-39(34)56)40(57)30(31)12-13-33(37)46/h9-13,15,23,25,34,41-42H,5-8,14,16-22,26H2,1-4H3,(H,50,55)(H,49,54,56). The molecule has 4 aliphatic rings. The van der Waals surface area contributed by atoms with Gasteiger partial charge in [0, 0.05) is 72.9 Å². The lowest BCUT2D eigenvalue weighted by Gasteiger charge is -2.63. The predicted octanol–water partition coefficient (Wildman–Crippen LogP) is 5.88. The summed E-state index contributed by atoms with van der Waals surface area (Å²) >= 11 is 6.24. The molecule has 2 aromatic carbocycles. The monoisotopic (exact) mass is 827 g/mol. The van der Waals surface area contributed by atoms with Gasteiger partial charge >= 0.3 is 0 Å². The average Bonchev–Trinajstić information content (AvgIpc) is 3.54. The Bertz CT molecular complexity index is 2130. The highest BCUT2D eigenvalue weighted by Crippen LogP contribution is 2.55. The molecule has 1 atom stereocenters. The zero-order valence-corrected chi connectivity index (χ0v) is 34.7. The second-order valence-electron chi connectivity index (χ2n) is 17.1. The van der Waals surface area contributed by atoms with E-state index in [-0.39, 0.29) is 65.8 Å². The van der Waals surface area contributed by atoms with Crippen molar-refractivity contribution < 1.29 is 33.0 Å². The number of ether oxygens (including phenoxy) is 2. The molecule has 3 aliphatic heterocycles. The first kappa shape index (κ1) is 41.9. The van der Waals surface area contributed by atoms with Crippen LogP contribution in [0.1, 0.15) is 98.1 Å². The number of nitrogens with zero attached hydrogens (tertiary/aromatic N) is 5. The van der Waals surface area contributed by atoms with Crippen molar-refractivity contribution in [1.29, 1.82) is 5.26 Å². The molecule has 7 rings (SSSR count). The minimum absolute atomic E-state index is 0.0612. The number of piperidine rings is 1. The third-order valence-electron chi connectivity index (χ3n) is 12.4. The van der Waals surface area contributed by atoms with Gasteiger partial charge in [0.2, 0.25) is 11.8 Å². The molecule has 3 aromatic rings. The molecule has 2 N–H and O–H groups in total. The summed E-state index contributed by atoms with van der Waals surface area (Å²) in [6.07, 6.45) is 5.51. The topological polar surface area (TPSA) is 157 Å². The van der Waals surface area contributed by atoms with E-state index in [1.165, 1.54) is 17.0 Å². The van der Waals surface area contributed by atoms with Gasteiger partial charge in [0.1, 0.15) is 29.8 Å². The zero-order valence-electron chi connectivity index (χ0n) is 34.0. The van der Waals surface area contributed by atoms with E-state index in [9.17, 15) is 28.8 Å². The number of rotatable bonds is 14. The maximum absolute atomic E-state index is 14.9. The van der Waals surface area contributed by atoms with Gasteiger partial charge in [-0.3, -0.25) is 29.4 Å². The SMILES string of the molecule is CC1(C)C(NC(=O)c2ccc(N3CCN(CCCCCCOc4c(F)ccc5c4CN(C4CCC(=O)NC4=O)C5=O)CC3)nc2)C(C)(C)C1Oc1ccc(C#N)c(Cl)c1. The predicted molar refractivity (Wildman–Crippen MR) is 219 cm³/mol. The van der Waals surface area contributed by atoms with Crippen molar-refractivity contribution in [3.63, 3.8) is 0 Å². The fraction of sp³-hybridized carbons (Fsp3) is 0.500.